The molecule has 1 aromatic carbocycles. The predicted molar refractivity (Wildman–Crippen MR) is 74.8 cm³/mol. The van der Waals surface area contributed by atoms with E-state index in [1.165, 1.54) is 13.0 Å². The van der Waals surface area contributed by atoms with E-state index >= 15 is 0 Å². The summed E-state index contributed by atoms with van der Waals surface area (Å²) in [6, 6.07) is 1.24. The van der Waals surface area contributed by atoms with Crippen molar-refractivity contribution in [3.8, 4) is 0 Å². The molecule has 0 aliphatic heterocycles. The number of ether oxygens (including phenoxy) is 1. The summed E-state index contributed by atoms with van der Waals surface area (Å²) in [5, 5.41) is 0. The van der Waals surface area contributed by atoms with Crippen LogP contribution in [0.1, 0.15) is 24.1 Å². The Morgan fingerprint density at radius 1 is 1.38 bits per heavy atom. The Morgan fingerprint density at radius 2 is 1.95 bits per heavy atom. The molecule has 0 aliphatic carbocycles. The van der Waals surface area contributed by atoms with Gasteiger partial charge in [0.25, 0.3) is 0 Å². The zero-order valence-electron chi connectivity index (χ0n) is 10.8. The van der Waals surface area contributed by atoms with Gasteiger partial charge in [0.05, 0.1) is 18.2 Å². The molecular formula is C12H13BrClF4NO2. The molecule has 2 N–H and O–H groups in total. The molecule has 0 heterocycles. The molecule has 1 aromatic rings. The summed E-state index contributed by atoms with van der Waals surface area (Å²) < 4.78 is 56.2. The van der Waals surface area contributed by atoms with Crippen LogP contribution in [0.5, 0.6) is 0 Å². The van der Waals surface area contributed by atoms with Gasteiger partial charge in [0.15, 0.2) is 0 Å². The normalized spacial score (nSPS) is 14.0. The second kappa shape index (κ2) is 7.95. The summed E-state index contributed by atoms with van der Waals surface area (Å²) >= 11 is 2.90. The lowest BCUT2D eigenvalue weighted by Gasteiger charge is -2.18. The molecule has 0 saturated heterocycles. The number of hydrogen-bond donors (Lipinski definition) is 1. The van der Waals surface area contributed by atoms with E-state index < -0.39 is 29.9 Å². The highest BCUT2D eigenvalue weighted by Crippen LogP contribution is 2.33. The van der Waals surface area contributed by atoms with Crippen molar-refractivity contribution in [2.24, 2.45) is 5.73 Å². The van der Waals surface area contributed by atoms with Crippen molar-refractivity contribution in [3.63, 3.8) is 0 Å². The third-order valence-electron chi connectivity index (χ3n) is 2.46. The van der Waals surface area contributed by atoms with Gasteiger partial charge in [-0.05, 0) is 30.7 Å². The maximum atomic E-state index is 13.7. The topological polar surface area (TPSA) is 52.3 Å². The Kier molecular flexibility index (Phi) is 7.63. The van der Waals surface area contributed by atoms with Gasteiger partial charge in [0, 0.05) is 4.47 Å². The van der Waals surface area contributed by atoms with Gasteiger partial charge >= 0.3 is 12.1 Å². The van der Waals surface area contributed by atoms with E-state index in [-0.39, 0.29) is 29.1 Å². The number of benzene rings is 1. The van der Waals surface area contributed by atoms with Crippen LogP contribution in [-0.2, 0) is 15.7 Å². The van der Waals surface area contributed by atoms with Crippen molar-refractivity contribution in [2.75, 3.05) is 6.61 Å². The third kappa shape index (κ3) is 5.44. The van der Waals surface area contributed by atoms with Crippen LogP contribution in [0.4, 0.5) is 17.6 Å². The van der Waals surface area contributed by atoms with Crippen LogP contribution >= 0.6 is 28.3 Å². The molecule has 9 heteroatoms. The smallest absolute Gasteiger partial charge is 0.416 e. The Morgan fingerprint density at radius 3 is 2.43 bits per heavy atom. The second-order valence-corrected chi connectivity index (χ2v) is 4.87. The monoisotopic (exact) mass is 393 g/mol. The number of hydrogen-bond acceptors (Lipinski definition) is 3. The highest BCUT2D eigenvalue weighted by molar-refractivity contribution is 9.10. The third-order valence-corrected chi connectivity index (χ3v) is 2.92. The van der Waals surface area contributed by atoms with Gasteiger partial charge in [-0.1, -0.05) is 15.9 Å². The summed E-state index contributed by atoms with van der Waals surface area (Å²) in [6.45, 7) is 1.44. The number of carbonyl (C=O) groups excluding carboxylic acids is 1. The van der Waals surface area contributed by atoms with Crippen LogP contribution < -0.4 is 5.73 Å². The SMILES string of the molecule is CCOC(=O)C(F)[C@H](N)c1cc(Br)cc(C(F)(F)F)c1.Cl. The van der Waals surface area contributed by atoms with Crippen LogP contribution in [0.15, 0.2) is 22.7 Å². The van der Waals surface area contributed by atoms with Crippen molar-refractivity contribution in [2.45, 2.75) is 25.3 Å². The second-order valence-electron chi connectivity index (χ2n) is 3.95. The van der Waals surface area contributed by atoms with E-state index in [0.717, 1.165) is 6.07 Å². The van der Waals surface area contributed by atoms with Crippen molar-refractivity contribution < 1.29 is 27.1 Å². The minimum absolute atomic E-state index is 0. The molecule has 0 spiro atoms. The van der Waals surface area contributed by atoms with Gasteiger partial charge < -0.3 is 10.5 Å². The molecule has 21 heavy (non-hydrogen) atoms. The van der Waals surface area contributed by atoms with Crippen LogP contribution in [0, 0.1) is 0 Å². The van der Waals surface area contributed by atoms with Crippen molar-refractivity contribution >= 4 is 34.3 Å². The quantitative estimate of drug-likeness (QED) is 0.624. The van der Waals surface area contributed by atoms with E-state index in [1.807, 2.05) is 0 Å². The van der Waals surface area contributed by atoms with Crippen LogP contribution in [0.3, 0.4) is 0 Å². The van der Waals surface area contributed by atoms with Gasteiger partial charge in [0.2, 0.25) is 6.17 Å². The molecule has 0 aliphatic rings. The first kappa shape index (κ1) is 20.1. The molecule has 2 atom stereocenters. The Bertz CT molecular complexity index is 499. The summed E-state index contributed by atoms with van der Waals surface area (Å²) in [5.41, 5.74) is 4.36. The largest absolute Gasteiger partial charge is 0.464 e. The van der Waals surface area contributed by atoms with E-state index in [4.69, 9.17) is 5.73 Å². The van der Waals surface area contributed by atoms with Crippen molar-refractivity contribution in [1.29, 1.82) is 0 Å². The van der Waals surface area contributed by atoms with Crippen molar-refractivity contribution in [3.05, 3.63) is 33.8 Å². The maximum absolute atomic E-state index is 13.7. The van der Waals surface area contributed by atoms with Gasteiger partial charge in [0.1, 0.15) is 0 Å². The number of rotatable bonds is 4. The zero-order valence-corrected chi connectivity index (χ0v) is 13.2. The first-order valence-corrected chi connectivity index (χ1v) is 6.40. The number of esters is 1. The number of halogens is 6. The zero-order chi connectivity index (χ0) is 15.5. The summed E-state index contributed by atoms with van der Waals surface area (Å²) in [5.74, 6) is -1.20. The van der Waals surface area contributed by atoms with E-state index in [2.05, 4.69) is 20.7 Å². The summed E-state index contributed by atoms with van der Waals surface area (Å²) in [4.78, 5) is 11.2. The molecule has 0 amide bonds. The van der Waals surface area contributed by atoms with Gasteiger partial charge in [-0.3, -0.25) is 0 Å². The molecule has 0 aromatic heterocycles. The molecule has 3 nitrogen and oxygen atoms in total. The Hall–Kier alpha value is -0.860. The molecule has 120 valence electrons. The molecule has 1 rings (SSSR count). The fourth-order valence-electron chi connectivity index (χ4n) is 1.51. The van der Waals surface area contributed by atoms with Crippen LogP contribution in [-0.4, -0.2) is 18.7 Å². The average molecular weight is 395 g/mol. The van der Waals surface area contributed by atoms with E-state index in [0.29, 0.717) is 6.07 Å². The van der Waals surface area contributed by atoms with E-state index in [9.17, 15) is 22.4 Å². The van der Waals surface area contributed by atoms with E-state index in [1.54, 1.807) is 0 Å². The fraction of sp³-hybridized carbons (Fsp3) is 0.417. The average Bonchev–Trinajstić information content (AvgIpc) is 2.35. The molecular weight excluding hydrogens is 381 g/mol. The molecule has 0 fully saturated rings. The highest BCUT2D eigenvalue weighted by atomic mass is 79.9. The Labute approximate surface area is 133 Å². The minimum Gasteiger partial charge on any atom is -0.464 e. The fourth-order valence-corrected chi connectivity index (χ4v) is 2.02. The number of alkyl halides is 4. The van der Waals surface area contributed by atoms with Gasteiger partial charge in [-0.2, -0.15) is 13.2 Å². The number of nitrogens with two attached hydrogens (primary N) is 1. The predicted octanol–water partition coefficient (Wildman–Crippen LogP) is 3.79. The summed E-state index contributed by atoms with van der Waals surface area (Å²) in [7, 11) is 0. The molecule has 0 bridgehead atoms. The lowest BCUT2D eigenvalue weighted by Crippen LogP contribution is -2.31. The summed E-state index contributed by atoms with van der Waals surface area (Å²) in [6.07, 6.45) is -6.82. The lowest BCUT2D eigenvalue weighted by atomic mass is 10.0. The number of carbonyl (C=O) groups is 1. The lowest BCUT2D eigenvalue weighted by molar-refractivity contribution is -0.149. The first-order valence-electron chi connectivity index (χ1n) is 5.60. The Balaban J connectivity index is 0.00000400. The highest BCUT2D eigenvalue weighted by Gasteiger charge is 2.33. The maximum Gasteiger partial charge on any atom is 0.416 e. The van der Waals surface area contributed by atoms with Crippen molar-refractivity contribution in [1.82, 2.24) is 0 Å². The van der Waals surface area contributed by atoms with Gasteiger partial charge in [-0.25, -0.2) is 9.18 Å². The standard InChI is InChI=1S/C12H12BrF4NO2.ClH/c1-2-20-11(19)9(14)10(18)6-3-7(12(15,16)17)5-8(13)4-6;/h3-5,9-10H,2,18H2,1H3;1H/t9?,10-;/m1./s1. The molecule has 1 unspecified atom stereocenters. The van der Waals surface area contributed by atoms with Crippen LogP contribution in [0.2, 0.25) is 0 Å². The molecule has 0 radical (unpaired) electrons. The van der Waals surface area contributed by atoms with Crippen LogP contribution in [0.25, 0.3) is 0 Å². The molecule has 0 saturated carbocycles. The van der Waals surface area contributed by atoms with Gasteiger partial charge in [-0.15, -0.1) is 12.4 Å². The minimum atomic E-state index is -4.59. The first-order chi connectivity index (χ1) is 9.16.